The number of rotatable bonds is 3. The molecular weight excluding hydrogens is 246 g/mol. The molecule has 0 saturated carbocycles. The summed E-state index contributed by atoms with van der Waals surface area (Å²) < 4.78 is 9.79. The second-order valence-corrected chi connectivity index (χ2v) is 4.04. The lowest BCUT2D eigenvalue weighted by molar-refractivity contribution is -0.258. The van der Waals surface area contributed by atoms with Crippen molar-refractivity contribution in [2.75, 3.05) is 6.61 Å². The molecule has 1 aliphatic rings. The smallest absolute Gasteiger partial charge is 0.303 e. The van der Waals surface area contributed by atoms with Crippen LogP contribution in [0.1, 0.15) is 13.8 Å². The summed E-state index contributed by atoms with van der Waals surface area (Å²) in [5.74, 6) is -1.16. The Bertz CT molecular complexity index is 321. The van der Waals surface area contributed by atoms with E-state index in [-0.39, 0.29) is 0 Å². The van der Waals surface area contributed by atoms with E-state index >= 15 is 0 Å². The van der Waals surface area contributed by atoms with Crippen LogP contribution in [-0.4, -0.2) is 64.4 Å². The molecule has 1 heterocycles. The molecule has 4 N–H and O–H groups in total. The average molecular weight is 263 g/mol. The Balaban J connectivity index is 2.89. The maximum atomic E-state index is 11.0. The van der Waals surface area contributed by atoms with Crippen molar-refractivity contribution < 1.29 is 34.4 Å². The SMILES string of the molecule is CC(=O)NC1C(O)OC(CO)C(O)C1OC(C)=O. The third-order valence-corrected chi connectivity index (χ3v) is 2.54. The molecule has 8 heteroatoms. The summed E-state index contributed by atoms with van der Waals surface area (Å²) in [6, 6.07) is -1.09. The van der Waals surface area contributed by atoms with Crippen LogP contribution < -0.4 is 5.32 Å². The molecule has 1 rings (SSSR count). The van der Waals surface area contributed by atoms with E-state index in [2.05, 4.69) is 5.32 Å². The van der Waals surface area contributed by atoms with Gasteiger partial charge in [0.1, 0.15) is 18.2 Å². The van der Waals surface area contributed by atoms with Crippen LogP contribution in [0.2, 0.25) is 0 Å². The molecule has 5 unspecified atom stereocenters. The molecule has 0 radical (unpaired) electrons. The predicted octanol–water partition coefficient (Wildman–Crippen LogP) is -2.51. The number of aliphatic hydroxyl groups excluding tert-OH is 3. The Kier molecular flexibility index (Phi) is 5.03. The van der Waals surface area contributed by atoms with Gasteiger partial charge in [-0.1, -0.05) is 0 Å². The highest BCUT2D eigenvalue weighted by Gasteiger charge is 2.46. The summed E-state index contributed by atoms with van der Waals surface area (Å²) in [4.78, 5) is 22.0. The molecular formula is C10H17NO7. The van der Waals surface area contributed by atoms with Crippen LogP contribution in [0.3, 0.4) is 0 Å². The maximum Gasteiger partial charge on any atom is 0.303 e. The molecule has 1 aliphatic heterocycles. The highest BCUT2D eigenvalue weighted by molar-refractivity contribution is 5.73. The summed E-state index contributed by atoms with van der Waals surface area (Å²) in [7, 11) is 0. The van der Waals surface area contributed by atoms with Gasteiger partial charge in [0.2, 0.25) is 5.91 Å². The van der Waals surface area contributed by atoms with Gasteiger partial charge in [-0.3, -0.25) is 9.59 Å². The van der Waals surface area contributed by atoms with Crippen LogP contribution in [0.25, 0.3) is 0 Å². The number of carbonyl (C=O) groups excluding carboxylic acids is 2. The van der Waals surface area contributed by atoms with Gasteiger partial charge in [0.15, 0.2) is 12.4 Å². The molecule has 1 fully saturated rings. The topological polar surface area (TPSA) is 125 Å². The molecule has 0 spiro atoms. The van der Waals surface area contributed by atoms with E-state index in [9.17, 15) is 19.8 Å². The number of esters is 1. The van der Waals surface area contributed by atoms with Crippen LogP contribution in [-0.2, 0) is 19.1 Å². The van der Waals surface area contributed by atoms with Crippen LogP contribution in [0.15, 0.2) is 0 Å². The number of ether oxygens (including phenoxy) is 2. The summed E-state index contributed by atoms with van der Waals surface area (Å²) in [6.07, 6.45) is -5.11. The fourth-order valence-corrected chi connectivity index (χ4v) is 1.80. The monoisotopic (exact) mass is 263 g/mol. The molecule has 0 bridgehead atoms. The lowest BCUT2D eigenvalue weighted by atomic mass is 9.96. The molecule has 18 heavy (non-hydrogen) atoms. The Hall–Kier alpha value is -1.22. The zero-order valence-corrected chi connectivity index (χ0v) is 10.1. The van der Waals surface area contributed by atoms with E-state index < -0.39 is 49.1 Å². The number of hydrogen-bond donors (Lipinski definition) is 4. The molecule has 0 aliphatic carbocycles. The highest BCUT2D eigenvalue weighted by atomic mass is 16.6. The largest absolute Gasteiger partial charge is 0.457 e. The van der Waals surface area contributed by atoms with E-state index in [1.807, 2.05) is 0 Å². The predicted molar refractivity (Wildman–Crippen MR) is 57.1 cm³/mol. The van der Waals surface area contributed by atoms with E-state index in [4.69, 9.17) is 14.6 Å². The fourth-order valence-electron chi connectivity index (χ4n) is 1.80. The number of nitrogens with one attached hydrogen (secondary N) is 1. The fraction of sp³-hybridized carbons (Fsp3) is 0.800. The van der Waals surface area contributed by atoms with Crippen molar-refractivity contribution in [3.63, 3.8) is 0 Å². The van der Waals surface area contributed by atoms with Crippen molar-refractivity contribution in [2.24, 2.45) is 0 Å². The van der Waals surface area contributed by atoms with E-state index in [0.717, 1.165) is 6.92 Å². The third-order valence-electron chi connectivity index (χ3n) is 2.54. The Morgan fingerprint density at radius 2 is 1.94 bits per heavy atom. The lowest BCUT2D eigenvalue weighted by Crippen LogP contribution is -2.65. The molecule has 0 aromatic heterocycles. The average Bonchev–Trinajstić information content (AvgIpc) is 2.27. The molecule has 5 atom stereocenters. The maximum absolute atomic E-state index is 11.0. The van der Waals surface area contributed by atoms with Gasteiger partial charge in [-0.25, -0.2) is 0 Å². The highest BCUT2D eigenvalue weighted by Crippen LogP contribution is 2.22. The van der Waals surface area contributed by atoms with Crippen LogP contribution in [0.4, 0.5) is 0 Å². The number of hydrogen-bond acceptors (Lipinski definition) is 7. The van der Waals surface area contributed by atoms with Crippen LogP contribution >= 0.6 is 0 Å². The first-order valence-corrected chi connectivity index (χ1v) is 5.43. The van der Waals surface area contributed by atoms with Crippen molar-refractivity contribution in [1.82, 2.24) is 5.32 Å². The molecule has 8 nitrogen and oxygen atoms in total. The van der Waals surface area contributed by atoms with Gasteiger partial charge in [-0.15, -0.1) is 0 Å². The number of aliphatic hydroxyl groups is 3. The minimum Gasteiger partial charge on any atom is -0.457 e. The van der Waals surface area contributed by atoms with Crippen molar-refractivity contribution in [2.45, 2.75) is 44.5 Å². The van der Waals surface area contributed by atoms with Gasteiger partial charge in [0.25, 0.3) is 0 Å². The number of carbonyl (C=O) groups is 2. The van der Waals surface area contributed by atoms with Gasteiger partial charge in [-0.05, 0) is 0 Å². The minimum atomic E-state index is -1.49. The van der Waals surface area contributed by atoms with Gasteiger partial charge < -0.3 is 30.1 Å². The second-order valence-electron chi connectivity index (χ2n) is 4.04. The van der Waals surface area contributed by atoms with E-state index in [1.54, 1.807) is 0 Å². The van der Waals surface area contributed by atoms with Crippen LogP contribution in [0.5, 0.6) is 0 Å². The Morgan fingerprint density at radius 3 is 2.39 bits per heavy atom. The first-order chi connectivity index (χ1) is 8.36. The minimum absolute atomic E-state index is 0.477. The standard InChI is InChI=1S/C10H17NO7/c1-4(13)11-7-9(17-5(2)14)8(15)6(3-12)18-10(7)16/h6-10,12,15-16H,3H2,1-2H3,(H,11,13). The summed E-state index contributed by atoms with van der Waals surface area (Å²) in [5, 5.41) is 30.8. The lowest BCUT2D eigenvalue weighted by Gasteiger charge is -2.41. The van der Waals surface area contributed by atoms with Crippen molar-refractivity contribution in [1.29, 1.82) is 0 Å². The first kappa shape index (κ1) is 14.8. The van der Waals surface area contributed by atoms with Gasteiger partial charge >= 0.3 is 5.97 Å². The van der Waals surface area contributed by atoms with Gasteiger partial charge in [0, 0.05) is 13.8 Å². The zero-order chi connectivity index (χ0) is 13.9. The quantitative estimate of drug-likeness (QED) is 0.414. The van der Waals surface area contributed by atoms with Crippen molar-refractivity contribution in [3.8, 4) is 0 Å². The van der Waals surface area contributed by atoms with Crippen molar-refractivity contribution >= 4 is 11.9 Å². The Morgan fingerprint density at radius 1 is 1.33 bits per heavy atom. The van der Waals surface area contributed by atoms with E-state index in [1.165, 1.54) is 6.92 Å². The third kappa shape index (κ3) is 3.39. The summed E-state index contributed by atoms with van der Waals surface area (Å²) in [5.41, 5.74) is 0. The normalized spacial score (nSPS) is 35.9. The zero-order valence-electron chi connectivity index (χ0n) is 10.1. The molecule has 0 aromatic rings. The molecule has 104 valence electrons. The molecule has 1 amide bonds. The van der Waals surface area contributed by atoms with Crippen LogP contribution in [0, 0.1) is 0 Å². The summed E-state index contributed by atoms with van der Waals surface area (Å²) in [6.45, 7) is 1.79. The van der Waals surface area contributed by atoms with Crippen molar-refractivity contribution in [3.05, 3.63) is 0 Å². The van der Waals surface area contributed by atoms with Gasteiger partial charge in [0.05, 0.1) is 6.61 Å². The molecule has 1 saturated heterocycles. The van der Waals surface area contributed by atoms with E-state index in [0.29, 0.717) is 0 Å². The summed E-state index contributed by atoms with van der Waals surface area (Å²) >= 11 is 0. The first-order valence-electron chi connectivity index (χ1n) is 5.43. The second kappa shape index (κ2) is 6.10. The van der Waals surface area contributed by atoms with Gasteiger partial charge in [-0.2, -0.15) is 0 Å². The molecule has 0 aromatic carbocycles. The Labute approximate surface area is 104 Å². The number of amides is 1.